The Kier molecular flexibility index (Phi) is 2.58. The molecule has 0 aliphatic rings. The van der Waals surface area contributed by atoms with Crippen molar-refractivity contribution in [1.29, 1.82) is 0 Å². The van der Waals surface area contributed by atoms with Gasteiger partial charge in [0.15, 0.2) is 11.5 Å². The lowest BCUT2D eigenvalue weighted by molar-refractivity contribution is 0.355. The van der Waals surface area contributed by atoms with Gasteiger partial charge in [0.1, 0.15) is 0 Å². The first-order chi connectivity index (χ1) is 7.35. The molecule has 0 spiro atoms. The van der Waals surface area contributed by atoms with Gasteiger partial charge in [-0.05, 0) is 12.1 Å². The molecule has 15 heavy (non-hydrogen) atoms. The van der Waals surface area contributed by atoms with Crippen LogP contribution in [0.1, 0.15) is 0 Å². The van der Waals surface area contributed by atoms with Gasteiger partial charge in [0.05, 0.1) is 26.2 Å². The summed E-state index contributed by atoms with van der Waals surface area (Å²) in [5.74, 6) is 1.44. The number of benzene rings is 1. The average Bonchev–Trinajstić information content (AvgIpc) is 2.81. The average molecular weight is 204 g/mol. The van der Waals surface area contributed by atoms with Crippen LogP contribution in [0.2, 0.25) is 0 Å². The molecule has 1 aromatic carbocycles. The molecule has 4 nitrogen and oxygen atoms in total. The smallest absolute Gasteiger partial charge is 0.162 e. The van der Waals surface area contributed by atoms with Crippen LogP contribution < -0.4 is 9.47 Å². The van der Waals surface area contributed by atoms with Crippen LogP contribution in [0.5, 0.6) is 11.5 Å². The Morgan fingerprint density at radius 2 is 1.93 bits per heavy atom. The summed E-state index contributed by atoms with van der Waals surface area (Å²) < 4.78 is 12.3. The molecule has 78 valence electrons. The fraction of sp³-hybridized carbons (Fsp3) is 0.182. The monoisotopic (exact) mass is 204 g/mol. The molecule has 0 fully saturated rings. The van der Waals surface area contributed by atoms with E-state index in [2.05, 4.69) is 4.98 Å². The first kappa shape index (κ1) is 9.58. The number of methoxy groups -OCH3 is 2. The summed E-state index contributed by atoms with van der Waals surface area (Å²) in [6.07, 6.45) is 5.35. The van der Waals surface area contributed by atoms with E-state index in [-0.39, 0.29) is 0 Å². The molecule has 4 heteroatoms. The molecule has 1 heterocycles. The Labute approximate surface area is 88.1 Å². The second-order valence-electron chi connectivity index (χ2n) is 3.01. The summed E-state index contributed by atoms with van der Waals surface area (Å²) in [5, 5.41) is 0. The van der Waals surface area contributed by atoms with E-state index in [9.17, 15) is 0 Å². The largest absolute Gasteiger partial charge is 0.493 e. The van der Waals surface area contributed by atoms with E-state index in [1.54, 1.807) is 26.7 Å². The third-order valence-corrected chi connectivity index (χ3v) is 2.17. The maximum Gasteiger partial charge on any atom is 0.162 e. The lowest BCUT2D eigenvalue weighted by atomic mass is 10.2. The maximum atomic E-state index is 5.22. The third kappa shape index (κ3) is 1.79. The minimum Gasteiger partial charge on any atom is -0.493 e. The van der Waals surface area contributed by atoms with Crippen LogP contribution in [0.25, 0.3) is 5.69 Å². The predicted octanol–water partition coefficient (Wildman–Crippen LogP) is 1.89. The van der Waals surface area contributed by atoms with Gasteiger partial charge in [-0.1, -0.05) is 0 Å². The predicted molar refractivity (Wildman–Crippen MR) is 56.7 cm³/mol. The van der Waals surface area contributed by atoms with Crippen molar-refractivity contribution in [3.63, 3.8) is 0 Å². The molecule has 0 unspecified atom stereocenters. The molecule has 0 N–H and O–H groups in total. The molecule has 1 aromatic heterocycles. The van der Waals surface area contributed by atoms with Crippen LogP contribution in [0, 0.1) is 0 Å². The molecular formula is C11H12N2O2. The van der Waals surface area contributed by atoms with Crippen LogP contribution in [0.4, 0.5) is 0 Å². The van der Waals surface area contributed by atoms with Gasteiger partial charge in [0.25, 0.3) is 0 Å². The molecular weight excluding hydrogens is 192 g/mol. The Hall–Kier alpha value is -1.97. The van der Waals surface area contributed by atoms with Crippen LogP contribution in [0.15, 0.2) is 36.9 Å². The molecule has 0 radical (unpaired) electrons. The first-order valence-electron chi connectivity index (χ1n) is 4.55. The molecule has 0 bridgehead atoms. The summed E-state index contributed by atoms with van der Waals surface area (Å²) in [6.45, 7) is 0. The molecule has 0 saturated carbocycles. The standard InChI is InChI=1S/C11H12N2O2/c1-14-10-4-3-9(7-11(10)15-2)13-6-5-12-8-13/h3-8H,1-2H3. The van der Waals surface area contributed by atoms with Crippen LogP contribution in [-0.2, 0) is 0 Å². The van der Waals surface area contributed by atoms with Crippen molar-refractivity contribution in [1.82, 2.24) is 9.55 Å². The van der Waals surface area contributed by atoms with E-state index in [0.717, 1.165) is 11.4 Å². The van der Waals surface area contributed by atoms with E-state index >= 15 is 0 Å². The van der Waals surface area contributed by atoms with Gasteiger partial charge in [-0.25, -0.2) is 4.98 Å². The zero-order valence-electron chi connectivity index (χ0n) is 8.68. The normalized spacial score (nSPS) is 10.0. The van der Waals surface area contributed by atoms with Crippen molar-refractivity contribution in [2.24, 2.45) is 0 Å². The fourth-order valence-corrected chi connectivity index (χ4v) is 1.40. The number of imidazole rings is 1. The lowest BCUT2D eigenvalue weighted by Gasteiger charge is -2.09. The zero-order valence-corrected chi connectivity index (χ0v) is 8.68. The summed E-state index contributed by atoms with van der Waals surface area (Å²) in [5.41, 5.74) is 0.991. The zero-order chi connectivity index (χ0) is 10.7. The van der Waals surface area contributed by atoms with E-state index in [1.807, 2.05) is 29.0 Å². The molecule has 2 aromatic rings. The second kappa shape index (κ2) is 4.04. The van der Waals surface area contributed by atoms with Crippen molar-refractivity contribution in [3.8, 4) is 17.2 Å². The van der Waals surface area contributed by atoms with Gasteiger partial charge in [0.2, 0.25) is 0 Å². The number of hydrogen-bond donors (Lipinski definition) is 0. The number of nitrogens with zero attached hydrogens (tertiary/aromatic N) is 2. The first-order valence-corrected chi connectivity index (χ1v) is 4.55. The minimum atomic E-state index is 0.712. The van der Waals surface area contributed by atoms with Crippen molar-refractivity contribution in [2.45, 2.75) is 0 Å². The fourth-order valence-electron chi connectivity index (χ4n) is 1.40. The van der Waals surface area contributed by atoms with E-state index in [0.29, 0.717) is 5.75 Å². The van der Waals surface area contributed by atoms with Crippen LogP contribution in [0.3, 0.4) is 0 Å². The summed E-state index contributed by atoms with van der Waals surface area (Å²) in [7, 11) is 3.24. The summed E-state index contributed by atoms with van der Waals surface area (Å²) >= 11 is 0. The Morgan fingerprint density at radius 1 is 1.13 bits per heavy atom. The third-order valence-electron chi connectivity index (χ3n) is 2.17. The van der Waals surface area contributed by atoms with Crippen molar-refractivity contribution < 1.29 is 9.47 Å². The highest BCUT2D eigenvalue weighted by Crippen LogP contribution is 2.28. The molecule has 0 saturated heterocycles. The van der Waals surface area contributed by atoms with Gasteiger partial charge in [-0.3, -0.25) is 0 Å². The summed E-state index contributed by atoms with van der Waals surface area (Å²) in [4.78, 5) is 3.99. The molecule has 0 atom stereocenters. The Balaban J connectivity index is 2.43. The van der Waals surface area contributed by atoms with Gasteiger partial charge in [-0.15, -0.1) is 0 Å². The van der Waals surface area contributed by atoms with Gasteiger partial charge < -0.3 is 14.0 Å². The van der Waals surface area contributed by atoms with Crippen molar-refractivity contribution in [3.05, 3.63) is 36.9 Å². The number of aromatic nitrogens is 2. The Morgan fingerprint density at radius 3 is 2.53 bits per heavy atom. The Bertz CT molecular complexity index is 438. The van der Waals surface area contributed by atoms with E-state index < -0.39 is 0 Å². The molecule has 0 aliphatic carbocycles. The minimum absolute atomic E-state index is 0.712. The number of hydrogen-bond acceptors (Lipinski definition) is 3. The highest BCUT2D eigenvalue weighted by atomic mass is 16.5. The summed E-state index contributed by atoms with van der Waals surface area (Å²) in [6, 6.07) is 5.72. The number of ether oxygens (including phenoxy) is 2. The maximum absolute atomic E-state index is 5.22. The van der Waals surface area contributed by atoms with Crippen LogP contribution >= 0.6 is 0 Å². The van der Waals surface area contributed by atoms with Crippen LogP contribution in [-0.4, -0.2) is 23.8 Å². The van der Waals surface area contributed by atoms with Crippen molar-refractivity contribution in [2.75, 3.05) is 14.2 Å². The van der Waals surface area contributed by atoms with Crippen molar-refractivity contribution >= 4 is 0 Å². The second-order valence-corrected chi connectivity index (χ2v) is 3.01. The lowest BCUT2D eigenvalue weighted by Crippen LogP contribution is -1.94. The highest BCUT2D eigenvalue weighted by Gasteiger charge is 2.04. The van der Waals surface area contributed by atoms with Gasteiger partial charge in [0, 0.05) is 18.5 Å². The highest BCUT2D eigenvalue weighted by molar-refractivity contribution is 5.48. The topological polar surface area (TPSA) is 36.3 Å². The van der Waals surface area contributed by atoms with E-state index in [4.69, 9.17) is 9.47 Å². The number of rotatable bonds is 3. The molecule has 0 amide bonds. The molecule has 0 aliphatic heterocycles. The van der Waals surface area contributed by atoms with Gasteiger partial charge >= 0.3 is 0 Å². The van der Waals surface area contributed by atoms with Gasteiger partial charge in [-0.2, -0.15) is 0 Å². The van der Waals surface area contributed by atoms with E-state index in [1.165, 1.54) is 0 Å². The molecule has 2 rings (SSSR count). The quantitative estimate of drug-likeness (QED) is 0.766. The SMILES string of the molecule is COc1ccc(-n2ccnc2)cc1OC.